The SMILES string of the molecule is CCc1ccc(S(=O)(=O)N(C)C(C)(C)C)c(C(C)(C)C)c1. The molecule has 0 unspecified atom stereocenters. The molecule has 0 amide bonds. The zero-order valence-corrected chi connectivity index (χ0v) is 15.4. The number of benzene rings is 1. The van der Waals surface area contributed by atoms with E-state index in [-0.39, 0.29) is 5.41 Å². The molecular weight excluding hydrogens is 282 g/mol. The van der Waals surface area contributed by atoms with Crippen LogP contribution in [0.3, 0.4) is 0 Å². The molecule has 1 aromatic rings. The minimum Gasteiger partial charge on any atom is -0.207 e. The Hall–Kier alpha value is -0.870. The Bertz CT molecular complexity index is 605. The third-order valence-corrected chi connectivity index (χ3v) is 6.02. The Labute approximate surface area is 130 Å². The predicted octanol–water partition coefficient (Wildman–Crippen LogP) is 3.97. The van der Waals surface area contributed by atoms with Gasteiger partial charge in [-0.3, -0.25) is 0 Å². The summed E-state index contributed by atoms with van der Waals surface area (Å²) in [5, 5.41) is 0. The second kappa shape index (κ2) is 5.73. The molecule has 0 aliphatic carbocycles. The van der Waals surface area contributed by atoms with Gasteiger partial charge in [0.15, 0.2) is 0 Å². The van der Waals surface area contributed by atoms with Gasteiger partial charge in [0.2, 0.25) is 10.0 Å². The van der Waals surface area contributed by atoms with Gasteiger partial charge in [-0.15, -0.1) is 0 Å². The molecule has 0 atom stereocenters. The van der Waals surface area contributed by atoms with Gasteiger partial charge in [0, 0.05) is 12.6 Å². The standard InChI is InChI=1S/C17H29NO2S/c1-9-13-10-11-15(14(12-13)16(2,3)4)21(19,20)18(8)17(5,6)7/h10-12H,9H2,1-8H3. The first-order chi connectivity index (χ1) is 9.31. The summed E-state index contributed by atoms with van der Waals surface area (Å²) in [4.78, 5) is 0.421. The van der Waals surface area contributed by atoms with Crippen molar-refractivity contribution in [1.82, 2.24) is 4.31 Å². The third kappa shape index (κ3) is 3.86. The summed E-state index contributed by atoms with van der Waals surface area (Å²) in [5.74, 6) is 0. The molecule has 120 valence electrons. The van der Waals surface area contributed by atoms with E-state index in [2.05, 4.69) is 27.7 Å². The van der Waals surface area contributed by atoms with Gasteiger partial charge in [-0.25, -0.2) is 8.42 Å². The van der Waals surface area contributed by atoms with Crippen molar-refractivity contribution in [2.24, 2.45) is 0 Å². The molecule has 1 rings (SSSR count). The predicted molar refractivity (Wildman–Crippen MR) is 89.2 cm³/mol. The average molecular weight is 311 g/mol. The van der Waals surface area contributed by atoms with Crippen LogP contribution in [0.1, 0.15) is 59.6 Å². The summed E-state index contributed by atoms with van der Waals surface area (Å²) in [5.41, 5.74) is 1.39. The van der Waals surface area contributed by atoms with E-state index < -0.39 is 15.6 Å². The Morgan fingerprint density at radius 2 is 1.57 bits per heavy atom. The van der Waals surface area contributed by atoms with Crippen LogP contribution in [0.4, 0.5) is 0 Å². The fraction of sp³-hybridized carbons (Fsp3) is 0.647. The van der Waals surface area contributed by atoms with Gasteiger partial charge in [-0.05, 0) is 49.8 Å². The molecule has 3 nitrogen and oxygen atoms in total. The van der Waals surface area contributed by atoms with Gasteiger partial charge in [-0.1, -0.05) is 39.8 Å². The summed E-state index contributed by atoms with van der Waals surface area (Å²) in [6.07, 6.45) is 0.901. The van der Waals surface area contributed by atoms with Crippen LogP contribution in [-0.4, -0.2) is 25.3 Å². The number of hydrogen-bond donors (Lipinski definition) is 0. The van der Waals surface area contributed by atoms with Crippen LogP contribution in [0.15, 0.2) is 23.1 Å². The van der Waals surface area contributed by atoms with Crippen molar-refractivity contribution in [2.45, 2.75) is 70.7 Å². The molecule has 0 heterocycles. The van der Waals surface area contributed by atoms with Gasteiger partial charge in [0.1, 0.15) is 0 Å². The lowest BCUT2D eigenvalue weighted by Crippen LogP contribution is -2.43. The molecule has 0 spiro atoms. The Kier molecular flexibility index (Phi) is 4.96. The van der Waals surface area contributed by atoms with E-state index in [9.17, 15) is 8.42 Å². The summed E-state index contributed by atoms with van der Waals surface area (Å²) in [7, 11) is -1.85. The van der Waals surface area contributed by atoms with E-state index in [0.29, 0.717) is 4.90 Å². The van der Waals surface area contributed by atoms with E-state index in [1.165, 1.54) is 4.31 Å². The molecule has 0 saturated heterocycles. The first-order valence-corrected chi connectivity index (χ1v) is 8.88. The molecule has 0 bridgehead atoms. The maximum atomic E-state index is 13.0. The molecule has 0 saturated carbocycles. The van der Waals surface area contributed by atoms with Crippen LogP contribution in [0, 0.1) is 0 Å². The van der Waals surface area contributed by atoms with Gasteiger partial charge in [0.25, 0.3) is 0 Å². The lowest BCUT2D eigenvalue weighted by molar-refractivity contribution is 0.291. The van der Waals surface area contributed by atoms with Crippen LogP contribution in [-0.2, 0) is 21.9 Å². The number of nitrogens with zero attached hydrogens (tertiary/aromatic N) is 1. The van der Waals surface area contributed by atoms with Gasteiger partial charge in [-0.2, -0.15) is 4.31 Å². The maximum absolute atomic E-state index is 13.0. The minimum atomic E-state index is -3.50. The Morgan fingerprint density at radius 3 is 1.95 bits per heavy atom. The van der Waals surface area contributed by atoms with Gasteiger partial charge >= 0.3 is 0 Å². The van der Waals surface area contributed by atoms with E-state index in [1.54, 1.807) is 13.1 Å². The topological polar surface area (TPSA) is 37.4 Å². The second-order valence-electron chi connectivity index (χ2n) is 7.58. The van der Waals surface area contributed by atoms with Crippen molar-refractivity contribution in [3.8, 4) is 0 Å². The van der Waals surface area contributed by atoms with Crippen molar-refractivity contribution >= 4 is 10.0 Å². The smallest absolute Gasteiger partial charge is 0.207 e. The Balaban J connectivity index is 3.57. The number of sulfonamides is 1. The molecule has 0 aliphatic rings. The van der Waals surface area contributed by atoms with E-state index in [1.807, 2.05) is 32.9 Å². The van der Waals surface area contributed by atoms with Crippen molar-refractivity contribution in [2.75, 3.05) is 7.05 Å². The maximum Gasteiger partial charge on any atom is 0.243 e. The van der Waals surface area contributed by atoms with Crippen molar-refractivity contribution < 1.29 is 8.42 Å². The van der Waals surface area contributed by atoms with E-state index >= 15 is 0 Å². The number of hydrogen-bond acceptors (Lipinski definition) is 2. The summed E-state index contributed by atoms with van der Waals surface area (Å²) < 4.78 is 27.4. The van der Waals surface area contributed by atoms with Crippen molar-refractivity contribution in [3.05, 3.63) is 29.3 Å². The van der Waals surface area contributed by atoms with Crippen LogP contribution < -0.4 is 0 Å². The largest absolute Gasteiger partial charge is 0.243 e. The fourth-order valence-corrected chi connectivity index (χ4v) is 4.02. The summed E-state index contributed by atoms with van der Waals surface area (Å²) in [6.45, 7) is 14.0. The highest BCUT2D eigenvalue weighted by Gasteiger charge is 2.34. The van der Waals surface area contributed by atoms with Crippen molar-refractivity contribution in [3.63, 3.8) is 0 Å². The number of rotatable bonds is 3. The number of aryl methyl sites for hydroxylation is 1. The molecule has 4 heteroatoms. The minimum absolute atomic E-state index is 0.216. The zero-order valence-electron chi connectivity index (χ0n) is 14.6. The lowest BCUT2D eigenvalue weighted by Gasteiger charge is -2.33. The molecule has 0 aliphatic heterocycles. The molecule has 0 aromatic heterocycles. The summed E-state index contributed by atoms with van der Waals surface area (Å²) >= 11 is 0. The van der Waals surface area contributed by atoms with Crippen LogP contribution in [0.2, 0.25) is 0 Å². The van der Waals surface area contributed by atoms with Crippen LogP contribution in [0.5, 0.6) is 0 Å². The first-order valence-electron chi connectivity index (χ1n) is 7.44. The zero-order chi connectivity index (χ0) is 16.6. The first kappa shape index (κ1) is 18.2. The normalized spacial score (nSPS) is 13.8. The van der Waals surface area contributed by atoms with Crippen molar-refractivity contribution in [1.29, 1.82) is 0 Å². The highest BCUT2D eigenvalue weighted by atomic mass is 32.2. The average Bonchev–Trinajstić information content (AvgIpc) is 2.34. The molecule has 0 radical (unpaired) electrons. The molecule has 0 fully saturated rings. The fourth-order valence-electron chi connectivity index (χ4n) is 2.12. The molecular formula is C17H29NO2S. The Morgan fingerprint density at radius 1 is 1.05 bits per heavy atom. The van der Waals surface area contributed by atoms with Gasteiger partial charge < -0.3 is 0 Å². The molecule has 0 N–H and O–H groups in total. The van der Waals surface area contributed by atoms with Gasteiger partial charge in [0.05, 0.1) is 4.90 Å². The molecule has 21 heavy (non-hydrogen) atoms. The monoisotopic (exact) mass is 311 g/mol. The van der Waals surface area contributed by atoms with E-state index in [4.69, 9.17) is 0 Å². The second-order valence-corrected chi connectivity index (χ2v) is 9.52. The van der Waals surface area contributed by atoms with Crippen LogP contribution in [0.25, 0.3) is 0 Å². The highest BCUT2D eigenvalue weighted by Crippen LogP contribution is 2.33. The van der Waals surface area contributed by atoms with Crippen LogP contribution >= 0.6 is 0 Å². The lowest BCUT2D eigenvalue weighted by atomic mass is 9.86. The van der Waals surface area contributed by atoms with E-state index in [0.717, 1.165) is 17.5 Å². The summed E-state index contributed by atoms with van der Waals surface area (Å²) in [6, 6.07) is 5.71. The highest BCUT2D eigenvalue weighted by molar-refractivity contribution is 7.89. The quantitative estimate of drug-likeness (QED) is 0.847. The third-order valence-electron chi connectivity index (χ3n) is 3.84. The molecule has 1 aromatic carbocycles.